The normalized spacial score (nSPS) is 24.9. The highest BCUT2D eigenvalue weighted by atomic mass is 16.6. The maximum atomic E-state index is 11.0. The van der Waals surface area contributed by atoms with E-state index in [0.29, 0.717) is 31.7 Å². The largest absolute Gasteiger partial charge is 0.390 e. The highest BCUT2D eigenvalue weighted by Crippen LogP contribution is 2.30. The second-order valence-electron chi connectivity index (χ2n) is 5.11. The van der Waals surface area contributed by atoms with Crippen LogP contribution in [0.2, 0.25) is 0 Å². The van der Waals surface area contributed by atoms with E-state index in [9.17, 15) is 15.2 Å². The first-order valence-corrected chi connectivity index (χ1v) is 6.04. The van der Waals surface area contributed by atoms with Crippen molar-refractivity contribution in [2.75, 3.05) is 18.0 Å². The summed E-state index contributed by atoms with van der Waals surface area (Å²) in [6.45, 7) is 3.09. The van der Waals surface area contributed by atoms with E-state index in [4.69, 9.17) is 0 Å². The highest BCUT2D eigenvalue weighted by Gasteiger charge is 2.29. The Labute approximate surface area is 105 Å². The van der Waals surface area contributed by atoms with Crippen LogP contribution in [-0.2, 0) is 7.05 Å². The lowest BCUT2D eigenvalue weighted by Gasteiger charge is -2.21. The molecule has 0 bridgehead atoms. The Kier molecular flexibility index (Phi) is 3.25. The number of hydrogen-bond donors (Lipinski definition) is 1. The molecule has 0 aromatic carbocycles. The minimum Gasteiger partial charge on any atom is -0.390 e. The average Bonchev–Trinajstić information content (AvgIpc) is 2.56. The Balaban J connectivity index is 2.23. The van der Waals surface area contributed by atoms with Crippen LogP contribution in [-0.4, -0.2) is 38.5 Å². The van der Waals surface area contributed by atoms with E-state index in [-0.39, 0.29) is 5.69 Å². The molecular weight excluding hydrogens is 236 g/mol. The second kappa shape index (κ2) is 4.56. The fourth-order valence-electron chi connectivity index (χ4n) is 2.29. The molecule has 1 fully saturated rings. The molecule has 7 nitrogen and oxygen atoms in total. The first kappa shape index (κ1) is 12.8. The van der Waals surface area contributed by atoms with E-state index in [0.717, 1.165) is 6.42 Å². The van der Waals surface area contributed by atoms with Gasteiger partial charge in [0, 0.05) is 20.1 Å². The number of nitrogens with zero attached hydrogens (tertiary/aromatic N) is 4. The van der Waals surface area contributed by atoms with Crippen LogP contribution >= 0.6 is 0 Å². The molecule has 1 atom stereocenters. The molecule has 1 aliphatic heterocycles. The zero-order valence-electron chi connectivity index (χ0n) is 10.7. The number of hydrogen-bond acceptors (Lipinski definition) is 5. The van der Waals surface area contributed by atoms with Crippen molar-refractivity contribution in [3.05, 3.63) is 16.3 Å². The molecule has 0 saturated carbocycles. The summed E-state index contributed by atoms with van der Waals surface area (Å²) in [6, 6.07) is 0. The van der Waals surface area contributed by atoms with Crippen molar-refractivity contribution in [3.8, 4) is 0 Å². The van der Waals surface area contributed by atoms with Gasteiger partial charge >= 0.3 is 5.69 Å². The van der Waals surface area contributed by atoms with E-state index < -0.39 is 10.5 Å². The monoisotopic (exact) mass is 254 g/mol. The predicted octanol–water partition coefficient (Wildman–Crippen LogP) is 1.07. The molecule has 0 aliphatic carbocycles. The summed E-state index contributed by atoms with van der Waals surface area (Å²) in [7, 11) is 1.67. The predicted molar refractivity (Wildman–Crippen MR) is 66.6 cm³/mol. The van der Waals surface area contributed by atoms with Gasteiger partial charge in [0.15, 0.2) is 0 Å². The van der Waals surface area contributed by atoms with Crippen molar-refractivity contribution in [2.45, 2.75) is 31.8 Å². The molecule has 0 amide bonds. The summed E-state index contributed by atoms with van der Waals surface area (Å²) < 4.78 is 1.45. The summed E-state index contributed by atoms with van der Waals surface area (Å²) in [6.07, 6.45) is 3.53. The molecule has 1 N–H and O–H groups in total. The van der Waals surface area contributed by atoms with Crippen molar-refractivity contribution < 1.29 is 10.0 Å². The smallest absolute Gasteiger partial charge is 0.330 e. The summed E-state index contributed by atoms with van der Waals surface area (Å²) in [5.74, 6) is 0.403. The molecule has 2 rings (SSSR count). The molecule has 2 heterocycles. The Hall–Kier alpha value is -1.63. The Morgan fingerprint density at radius 2 is 2.22 bits per heavy atom. The maximum absolute atomic E-state index is 11.0. The van der Waals surface area contributed by atoms with E-state index >= 15 is 0 Å². The first-order valence-electron chi connectivity index (χ1n) is 6.04. The number of anilines is 1. The molecule has 1 saturated heterocycles. The number of aryl methyl sites for hydroxylation is 1. The van der Waals surface area contributed by atoms with Gasteiger partial charge in [-0.25, -0.2) is 0 Å². The summed E-state index contributed by atoms with van der Waals surface area (Å²) in [5, 5.41) is 25.1. The van der Waals surface area contributed by atoms with Crippen LogP contribution in [0.3, 0.4) is 0 Å². The van der Waals surface area contributed by atoms with Gasteiger partial charge in [-0.15, -0.1) is 5.10 Å². The van der Waals surface area contributed by atoms with Crippen LogP contribution in [0.1, 0.15) is 26.2 Å². The van der Waals surface area contributed by atoms with Gasteiger partial charge in [-0.3, -0.25) is 14.8 Å². The molecular formula is C11H18N4O3. The van der Waals surface area contributed by atoms with Crippen LogP contribution in [0.25, 0.3) is 0 Å². The van der Waals surface area contributed by atoms with Crippen molar-refractivity contribution >= 4 is 11.5 Å². The van der Waals surface area contributed by atoms with Crippen molar-refractivity contribution in [3.63, 3.8) is 0 Å². The van der Waals surface area contributed by atoms with E-state index in [2.05, 4.69) is 5.10 Å². The standard InChI is InChI=1S/C11H18N4O3/c1-11(16)4-3-6-14(7-5-11)10-9(15(17)18)8-13(2)12-10/h8,16H,3-7H2,1-2H3. The van der Waals surface area contributed by atoms with Crippen LogP contribution in [0.15, 0.2) is 6.20 Å². The molecule has 0 radical (unpaired) electrons. The number of nitro groups is 1. The summed E-state index contributed by atoms with van der Waals surface area (Å²) >= 11 is 0. The minimum atomic E-state index is -0.682. The fraction of sp³-hybridized carbons (Fsp3) is 0.727. The van der Waals surface area contributed by atoms with Crippen molar-refractivity contribution in [2.24, 2.45) is 7.05 Å². The Bertz CT molecular complexity index is 455. The third-order valence-electron chi connectivity index (χ3n) is 3.35. The van der Waals surface area contributed by atoms with Gasteiger partial charge < -0.3 is 10.0 Å². The quantitative estimate of drug-likeness (QED) is 0.630. The van der Waals surface area contributed by atoms with Crippen LogP contribution in [0.4, 0.5) is 11.5 Å². The third kappa shape index (κ3) is 2.61. The fourth-order valence-corrected chi connectivity index (χ4v) is 2.29. The maximum Gasteiger partial charge on any atom is 0.330 e. The summed E-state index contributed by atoms with van der Waals surface area (Å²) in [5.41, 5.74) is -0.655. The molecule has 0 spiro atoms. The van der Waals surface area contributed by atoms with E-state index in [1.165, 1.54) is 10.9 Å². The number of aromatic nitrogens is 2. The molecule has 1 unspecified atom stereocenters. The van der Waals surface area contributed by atoms with Gasteiger partial charge in [-0.05, 0) is 26.2 Å². The van der Waals surface area contributed by atoms with E-state index in [1.54, 1.807) is 7.05 Å². The number of aliphatic hydroxyl groups is 1. The topological polar surface area (TPSA) is 84.4 Å². The van der Waals surface area contributed by atoms with Crippen molar-refractivity contribution in [1.82, 2.24) is 9.78 Å². The SMILES string of the molecule is Cn1cc([N+](=O)[O-])c(N2CCCC(C)(O)CC2)n1. The van der Waals surface area contributed by atoms with Gasteiger partial charge in [-0.2, -0.15) is 0 Å². The average molecular weight is 254 g/mol. The lowest BCUT2D eigenvalue weighted by atomic mass is 9.98. The lowest BCUT2D eigenvalue weighted by Crippen LogP contribution is -2.28. The minimum absolute atomic E-state index is 0.0269. The molecule has 1 aliphatic rings. The van der Waals surface area contributed by atoms with Gasteiger partial charge in [-0.1, -0.05) is 0 Å². The van der Waals surface area contributed by atoms with Crippen LogP contribution < -0.4 is 4.90 Å². The Morgan fingerprint density at radius 1 is 1.50 bits per heavy atom. The Morgan fingerprint density at radius 3 is 2.89 bits per heavy atom. The van der Waals surface area contributed by atoms with Gasteiger partial charge in [0.1, 0.15) is 6.20 Å². The lowest BCUT2D eigenvalue weighted by molar-refractivity contribution is -0.384. The zero-order chi connectivity index (χ0) is 13.3. The first-order chi connectivity index (χ1) is 8.39. The summed E-state index contributed by atoms with van der Waals surface area (Å²) in [4.78, 5) is 12.4. The molecule has 1 aromatic rings. The molecule has 100 valence electrons. The van der Waals surface area contributed by atoms with Crippen LogP contribution in [0.5, 0.6) is 0 Å². The molecule has 1 aromatic heterocycles. The second-order valence-corrected chi connectivity index (χ2v) is 5.11. The molecule has 18 heavy (non-hydrogen) atoms. The van der Waals surface area contributed by atoms with Crippen molar-refractivity contribution in [1.29, 1.82) is 0 Å². The van der Waals surface area contributed by atoms with Gasteiger partial charge in [0.2, 0.25) is 5.82 Å². The van der Waals surface area contributed by atoms with Gasteiger partial charge in [0.05, 0.1) is 10.5 Å². The third-order valence-corrected chi connectivity index (χ3v) is 3.35. The molecule has 7 heteroatoms. The number of rotatable bonds is 2. The highest BCUT2D eigenvalue weighted by molar-refractivity contribution is 5.56. The van der Waals surface area contributed by atoms with Crippen LogP contribution in [0, 0.1) is 10.1 Å². The van der Waals surface area contributed by atoms with Gasteiger partial charge in [0.25, 0.3) is 0 Å². The van der Waals surface area contributed by atoms with E-state index in [1.807, 2.05) is 11.8 Å². The zero-order valence-corrected chi connectivity index (χ0v) is 10.7.